The molecule has 2 rings (SSSR count). The van der Waals surface area contributed by atoms with Crippen molar-refractivity contribution in [1.82, 2.24) is 15.6 Å². The normalized spacial score (nSPS) is 12.7. The maximum absolute atomic E-state index is 13.5. The van der Waals surface area contributed by atoms with Crippen molar-refractivity contribution in [2.24, 2.45) is 4.99 Å². The van der Waals surface area contributed by atoms with Gasteiger partial charge in [-0.3, -0.25) is 4.99 Å². The van der Waals surface area contributed by atoms with E-state index in [-0.39, 0.29) is 42.1 Å². The first kappa shape index (κ1) is 24.7. The molecule has 0 aliphatic carbocycles. The lowest BCUT2D eigenvalue weighted by Crippen LogP contribution is -2.39. The SMILES string of the molecule is CCNC(=NCCS(=O)(=O)C(C)(C)C)NCCc1c[nH]c2ccc(F)cc12.I. The molecular formula is C19H30FIN4O2S. The number of nitrogens with one attached hydrogen (secondary N) is 3. The van der Waals surface area contributed by atoms with Gasteiger partial charge in [0, 0.05) is 30.2 Å². The molecule has 6 nitrogen and oxygen atoms in total. The molecule has 1 aromatic heterocycles. The summed E-state index contributed by atoms with van der Waals surface area (Å²) in [5.74, 6) is 0.327. The Bertz CT molecular complexity index is 904. The van der Waals surface area contributed by atoms with Gasteiger partial charge >= 0.3 is 0 Å². The molecule has 9 heteroatoms. The molecule has 28 heavy (non-hydrogen) atoms. The minimum atomic E-state index is -3.19. The summed E-state index contributed by atoms with van der Waals surface area (Å²) in [7, 11) is -3.19. The predicted octanol–water partition coefficient (Wildman–Crippen LogP) is 3.24. The van der Waals surface area contributed by atoms with Gasteiger partial charge in [-0.25, -0.2) is 12.8 Å². The zero-order valence-corrected chi connectivity index (χ0v) is 19.9. The van der Waals surface area contributed by atoms with Crippen molar-refractivity contribution in [2.45, 2.75) is 38.9 Å². The minimum absolute atomic E-state index is 0. The fraction of sp³-hybridized carbons (Fsp3) is 0.526. The molecule has 3 N–H and O–H groups in total. The van der Waals surface area contributed by atoms with Crippen LogP contribution >= 0.6 is 24.0 Å². The van der Waals surface area contributed by atoms with Gasteiger partial charge < -0.3 is 15.6 Å². The van der Waals surface area contributed by atoms with Crippen LogP contribution in [0.1, 0.15) is 33.3 Å². The summed E-state index contributed by atoms with van der Waals surface area (Å²) < 4.78 is 37.0. The molecule has 1 aromatic carbocycles. The number of aromatic amines is 1. The lowest BCUT2D eigenvalue weighted by atomic mass is 10.1. The Morgan fingerprint density at radius 1 is 1.25 bits per heavy atom. The van der Waals surface area contributed by atoms with Gasteiger partial charge in [0.2, 0.25) is 0 Å². The summed E-state index contributed by atoms with van der Waals surface area (Å²) >= 11 is 0. The van der Waals surface area contributed by atoms with Crippen LogP contribution in [0.25, 0.3) is 10.9 Å². The number of aromatic nitrogens is 1. The maximum Gasteiger partial charge on any atom is 0.191 e. The van der Waals surface area contributed by atoms with Crippen molar-refractivity contribution < 1.29 is 12.8 Å². The molecule has 0 aliphatic heterocycles. The van der Waals surface area contributed by atoms with E-state index in [9.17, 15) is 12.8 Å². The third-order valence-electron chi connectivity index (χ3n) is 4.32. The van der Waals surface area contributed by atoms with Crippen molar-refractivity contribution in [3.05, 3.63) is 35.8 Å². The standard InChI is InChI=1S/C19H29FN4O2S.HI/c1-5-21-18(23-10-11-27(25,26)19(2,3)4)22-9-8-14-13-24-17-7-6-15(20)12-16(14)17;/h6-7,12-13,24H,5,8-11H2,1-4H3,(H2,21,22,23);1H. The first-order chi connectivity index (χ1) is 12.6. The van der Waals surface area contributed by atoms with Crippen molar-refractivity contribution >= 4 is 50.7 Å². The van der Waals surface area contributed by atoms with Crippen LogP contribution in [0.15, 0.2) is 29.4 Å². The number of halogens is 2. The zero-order valence-electron chi connectivity index (χ0n) is 16.8. The number of nitrogens with zero attached hydrogens (tertiary/aromatic N) is 1. The predicted molar refractivity (Wildman–Crippen MR) is 125 cm³/mol. The smallest absolute Gasteiger partial charge is 0.191 e. The van der Waals surface area contributed by atoms with Crippen molar-refractivity contribution in [3.63, 3.8) is 0 Å². The molecule has 2 aromatic rings. The number of H-pyrrole nitrogens is 1. The van der Waals surface area contributed by atoms with Gasteiger partial charge in [0.15, 0.2) is 15.8 Å². The third kappa shape index (κ3) is 6.61. The average Bonchev–Trinajstić information content (AvgIpc) is 2.96. The van der Waals surface area contributed by atoms with E-state index >= 15 is 0 Å². The molecule has 0 amide bonds. The summed E-state index contributed by atoms with van der Waals surface area (Å²) in [5, 5.41) is 7.18. The molecule has 0 saturated carbocycles. The first-order valence-corrected chi connectivity index (χ1v) is 10.8. The molecule has 0 fully saturated rings. The summed E-state index contributed by atoms with van der Waals surface area (Å²) in [6.07, 6.45) is 2.57. The number of benzene rings is 1. The highest BCUT2D eigenvalue weighted by Gasteiger charge is 2.28. The maximum atomic E-state index is 13.5. The Morgan fingerprint density at radius 2 is 1.96 bits per heavy atom. The van der Waals surface area contributed by atoms with Crippen molar-refractivity contribution in [3.8, 4) is 0 Å². The molecule has 0 bridgehead atoms. The fourth-order valence-electron chi connectivity index (χ4n) is 2.60. The van der Waals surface area contributed by atoms with Crippen molar-refractivity contribution in [1.29, 1.82) is 0 Å². The van der Waals surface area contributed by atoms with Gasteiger partial charge in [0.1, 0.15) is 5.82 Å². The highest BCUT2D eigenvalue weighted by Crippen LogP contribution is 2.19. The Balaban J connectivity index is 0.00000392. The third-order valence-corrected chi connectivity index (χ3v) is 6.91. The Morgan fingerprint density at radius 3 is 2.61 bits per heavy atom. The van der Waals surface area contributed by atoms with Crippen LogP contribution in [0, 0.1) is 5.82 Å². The van der Waals surface area contributed by atoms with E-state index in [0.717, 1.165) is 16.5 Å². The number of hydrogen-bond acceptors (Lipinski definition) is 3. The van der Waals surface area contributed by atoms with Gasteiger partial charge in [-0.1, -0.05) is 0 Å². The minimum Gasteiger partial charge on any atom is -0.361 e. The highest BCUT2D eigenvalue weighted by atomic mass is 127. The molecule has 0 saturated heterocycles. The summed E-state index contributed by atoms with van der Waals surface area (Å²) in [4.78, 5) is 7.49. The van der Waals surface area contributed by atoms with Gasteiger partial charge in [-0.15, -0.1) is 24.0 Å². The molecular weight excluding hydrogens is 494 g/mol. The number of aliphatic imine (C=N–C) groups is 1. The summed E-state index contributed by atoms with van der Waals surface area (Å²) in [6, 6.07) is 4.68. The number of fused-ring (bicyclic) bond motifs is 1. The molecule has 0 spiro atoms. The Hall–Kier alpha value is -1.36. The van der Waals surface area contributed by atoms with E-state index < -0.39 is 14.6 Å². The van der Waals surface area contributed by atoms with Crippen LogP contribution in [0.2, 0.25) is 0 Å². The topological polar surface area (TPSA) is 86.3 Å². The Kier molecular flexibility index (Phi) is 9.19. The van der Waals surface area contributed by atoms with Gasteiger partial charge in [-0.2, -0.15) is 0 Å². The van der Waals surface area contributed by atoms with E-state index in [1.54, 1.807) is 26.8 Å². The van der Waals surface area contributed by atoms with E-state index in [2.05, 4.69) is 20.6 Å². The van der Waals surface area contributed by atoms with Gasteiger partial charge in [-0.05, 0) is 57.9 Å². The number of sulfone groups is 1. The van der Waals surface area contributed by atoms with E-state index in [1.165, 1.54) is 12.1 Å². The molecule has 1 heterocycles. The molecule has 0 aliphatic rings. The van der Waals surface area contributed by atoms with Crippen LogP contribution in [0.4, 0.5) is 4.39 Å². The average molecular weight is 524 g/mol. The second-order valence-electron chi connectivity index (χ2n) is 7.37. The first-order valence-electron chi connectivity index (χ1n) is 9.14. The Labute approximate surface area is 183 Å². The zero-order chi connectivity index (χ0) is 20.1. The van der Waals surface area contributed by atoms with E-state index in [0.29, 0.717) is 25.5 Å². The van der Waals surface area contributed by atoms with Crippen molar-refractivity contribution in [2.75, 3.05) is 25.4 Å². The molecule has 0 radical (unpaired) electrons. The highest BCUT2D eigenvalue weighted by molar-refractivity contribution is 14.0. The number of rotatable bonds is 7. The van der Waals surface area contributed by atoms with Crippen LogP contribution in [-0.2, 0) is 16.3 Å². The summed E-state index contributed by atoms with van der Waals surface area (Å²) in [6.45, 7) is 8.51. The molecule has 0 atom stereocenters. The van der Waals surface area contributed by atoms with E-state index in [1.807, 2.05) is 13.1 Å². The number of hydrogen-bond donors (Lipinski definition) is 3. The fourth-order valence-corrected chi connectivity index (χ4v) is 3.54. The monoisotopic (exact) mass is 524 g/mol. The van der Waals surface area contributed by atoms with Crippen LogP contribution in [-0.4, -0.2) is 49.5 Å². The lowest BCUT2D eigenvalue weighted by Gasteiger charge is -2.18. The van der Waals surface area contributed by atoms with Gasteiger partial charge in [0.05, 0.1) is 17.0 Å². The van der Waals surface area contributed by atoms with Crippen LogP contribution < -0.4 is 10.6 Å². The van der Waals surface area contributed by atoms with Crippen LogP contribution in [0.3, 0.4) is 0 Å². The molecule has 158 valence electrons. The lowest BCUT2D eigenvalue weighted by molar-refractivity contribution is 0.560. The summed E-state index contributed by atoms with van der Waals surface area (Å²) in [5.41, 5.74) is 1.92. The quantitative estimate of drug-likeness (QED) is 0.295. The largest absolute Gasteiger partial charge is 0.361 e. The molecule has 0 unspecified atom stereocenters. The second kappa shape index (κ2) is 10.4. The van der Waals surface area contributed by atoms with Gasteiger partial charge in [0.25, 0.3) is 0 Å². The van der Waals surface area contributed by atoms with Crippen LogP contribution in [0.5, 0.6) is 0 Å². The number of guanidine groups is 1. The van der Waals surface area contributed by atoms with E-state index in [4.69, 9.17) is 0 Å². The second-order valence-corrected chi connectivity index (χ2v) is 10.2.